The number of unbranched alkanes of at least 4 members (excludes halogenated alkanes) is 1. The van der Waals surface area contributed by atoms with Gasteiger partial charge < -0.3 is 4.74 Å². The smallest absolute Gasteiger partial charge is 0.316 e. The number of nitrogens with zero attached hydrogens (tertiary/aromatic N) is 4. The summed E-state index contributed by atoms with van der Waals surface area (Å²) in [4.78, 5) is 11.1. The van der Waals surface area contributed by atoms with Gasteiger partial charge in [-0.25, -0.2) is 0 Å². The fourth-order valence-electron chi connectivity index (χ4n) is 1.47. The fraction of sp³-hybridized carbons (Fsp3) is 0.500. The molecule has 0 saturated carbocycles. The van der Waals surface area contributed by atoms with Gasteiger partial charge in [-0.2, -0.15) is 5.10 Å². The van der Waals surface area contributed by atoms with E-state index in [-0.39, 0.29) is 11.7 Å². The predicted molar refractivity (Wildman–Crippen MR) is 78.8 cm³/mol. The van der Waals surface area contributed by atoms with E-state index in [0.717, 1.165) is 34.4 Å². The van der Waals surface area contributed by atoms with Crippen LogP contribution in [-0.2, 0) is 16.1 Å². The summed E-state index contributed by atoms with van der Waals surface area (Å²) in [6.07, 6.45) is 4.20. The summed E-state index contributed by atoms with van der Waals surface area (Å²) < 4.78 is 7.25. The highest BCUT2D eigenvalue weighted by Gasteiger charge is 2.11. The Kier molecular flexibility index (Phi) is 5.54. The molecule has 0 aliphatic carbocycles. The molecule has 0 aliphatic heterocycles. The molecule has 0 fully saturated rings. The van der Waals surface area contributed by atoms with E-state index in [1.807, 2.05) is 16.9 Å². The Bertz CT molecular complexity index is 567. The number of hydrogen-bond donors (Lipinski definition) is 0. The molecule has 2 aromatic rings. The van der Waals surface area contributed by atoms with E-state index in [1.54, 1.807) is 0 Å². The maximum absolute atomic E-state index is 11.1. The number of carbonyl (C=O) groups is 1. The molecule has 0 aromatic carbocycles. The van der Waals surface area contributed by atoms with Crippen LogP contribution in [0.15, 0.2) is 16.6 Å². The third kappa shape index (κ3) is 4.04. The Labute approximate surface area is 125 Å². The van der Waals surface area contributed by atoms with Crippen LogP contribution in [0.25, 0.3) is 10.7 Å². The van der Waals surface area contributed by atoms with E-state index in [1.165, 1.54) is 30.2 Å². The van der Waals surface area contributed by atoms with Crippen molar-refractivity contribution in [1.29, 1.82) is 0 Å². The van der Waals surface area contributed by atoms with Crippen molar-refractivity contribution in [2.75, 3.05) is 12.9 Å². The summed E-state index contributed by atoms with van der Waals surface area (Å²) in [5.74, 6) is -0.0219. The van der Waals surface area contributed by atoms with Crippen molar-refractivity contribution in [1.82, 2.24) is 20.0 Å². The number of carbonyl (C=O) groups excluding carboxylic acids is 1. The Morgan fingerprint density at radius 3 is 3.10 bits per heavy atom. The van der Waals surface area contributed by atoms with Crippen molar-refractivity contribution in [2.24, 2.45) is 0 Å². The van der Waals surface area contributed by atoms with Crippen LogP contribution in [0, 0.1) is 0 Å². The predicted octanol–water partition coefficient (Wildman–Crippen LogP) is 2.47. The number of esters is 1. The zero-order valence-corrected chi connectivity index (χ0v) is 13.0. The number of ether oxygens (including phenoxy) is 1. The maximum Gasteiger partial charge on any atom is 0.316 e. The Morgan fingerprint density at radius 2 is 2.35 bits per heavy atom. The van der Waals surface area contributed by atoms with E-state index in [9.17, 15) is 4.79 Å². The minimum Gasteiger partial charge on any atom is -0.468 e. The second-order valence-electron chi connectivity index (χ2n) is 4.06. The SMILES string of the molecule is CCCCn1ccc(-c2nnc(SCC(=O)OC)s2)n1. The van der Waals surface area contributed by atoms with Crippen molar-refractivity contribution in [3.05, 3.63) is 12.3 Å². The first-order chi connectivity index (χ1) is 9.72. The van der Waals surface area contributed by atoms with E-state index in [0.29, 0.717) is 0 Å². The molecular weight excluding hydrogens is 296 g/mol. The fourth-order valence-corrected chi connectivity index (χ4v) is 3.12. The van der Waals surface area contributed by atoms with Crippen LogP contribution < -0.4 is 0 Å². The lowest BCUT2D eigenvalue weighted by atomic mass is 10.3. The van der Waals surface area contributed by atoms with E-state index < -0.39 is 0 Å². The summed E-state index contributed by atoms with van der Waals surface area (Å²) in [7, 11) is 1.37. The molecule has 8 heteroatoms. The number of hydrogen-bond acceptors (Lipinski definition) is 7. The number of thioether (sulfide) groups is 1. The van der Waals surface area contributed by atoms with Crippen LogP contribution >= 0.6 is 23.1 Å². The third-order valence-electron chi connectivity index (χ3n) is 2.55. The summed E-state index contributed by atoms with van der Waals surface area (Å²) >= 11 is 2.76. The lowest BCUT2D eigenvalue weighted by Gasteiger charge is -1.97. The molecular formula is C12H16N4O2S2. The molecule has 0 saturated heterocycles. The minimum absolute atomic E-state index is 0.246. The summed E-state index contributed by atoms with van der Waals surface area (Å²) in [6, 6.07) is 1.94. The van der Waals surface area contributed by atoms with Crippen LogP contribution in [-0.4, -0.2) is 38.8 Å². The largest absolute Gasteiger partial charge is 0.468 e. The number of rotatable bonds is 7. The Morgan fingerprint density at radius 1 is 1.50 bits per heavy atom. The summed E-state index contributed by atoms with van der Waals surface area (Å²) in [5, 5.41) is 13.4. The Hall–Kier alpha value is -1.41. The van der Waals surface area contributed by atoms with E-state index in [4.69, 9.17) is 0 Å². The quantitative estimate of drug-likeness (QED) is 0.578. The molecule has 2 rings (SSSR count). The van der Waals surface area contributed by atoms with Gasteiger partial charge in [0.2, 0.25) is 0 Å². The highest BCUT2D eigenvalue weighted by molar-refractivity contribution is 8.01. The van der Waals surface area contributed by atoms with Crippen LogP contribution in [0.4, 0.5) is 0 Å². The monoisotopic (exact) mass is 312 g/mol. The van der Waals surface area contributed by atoms with Gasteiger partial charge in [0.1, 0.15) is 5.69 Å². The Balaban J connectivity index is 1.97. The van der Waals surface area contributed by atoms with Crippen molar-refractivity contribution >= 4 is 29.1 Å². The zero-order valence-electron chi connectivity index (χ0n) is 11.4. The molecule has 108 valence electrons. The third-order valence-corrected chi connectivity index (χ3v) is 4.60. The second-order valence-corrected chi connectivity index (χ2v) is 6.26. The average Bonchev–Trinajstić information content (AvgIpc) is 3.11. The molecule has 0 aliphatic rings. The highest BCUT2D eigenvalue weighted by atomic mass is 32.2. The lowest BCUT2D eigenvalue weighted by Crippen LogP contribution is -2.02. The van der Waals surface area contributed by atoms with Gasteiger partial charge in [-0.05, 0) is 12.5 Å². The normalized spacial score (nSPS) is 10.7. The molecule has 2 aromatic heterocycles. The maximum atomic E-state index is 11.1. The highest BCUT2D eigenvalue weighted by Crippen LogP contribution is 2.28. The molecule has 0 N–H and O–H groups in total. The molecule has 0 unspecified atom stereocenters. The molecule has 0 radical (unpaired) electrons. The van der Waals surface area contributed by atoms with Gasteiger partial charge in [0.15, 0.2) is 9.35 Å². The molecule has 0 atom stereocenters. The molecule has 0 amide bonds. The lowest BCUT2D eigenvalue weighted by molar-refractivity contribution is -0.137. The van der Waals surface area contributed by atoms with Crippen LogP contribution in [0.1, 0.15) is 19.8 Å². The van der Waals surface area contributed by atoms with Crippen LogP contribution in [0.2, 0.25) is 0 Å². The van der Waals surface area contributed by atoms with Crippen molar-refractivity contribution in [3.63, 3.8) is 0 Å². The van der Waals surface area contributed by atoms with Crippen molar-refractivity contribution in [2.45, 2.75) is 30.6 Å². The minimum atomic E-state index is -0.268. The van der Waals surface area contributed by atoms with Crippen LogP contribution in [0.3, 0.4) is 0 Å². The van der Waals surface area contributed by atoms with Gasteiger partial charge in [-0.3, -0.25) is 9.48 Å². The van der Waals surface area contributed by atoms with E-state index in [2.05, 4.69) is 27.0 Å². The number of methoxy groups -OCH3 is 1. The zero-order chi connectivity index (χ0) is 14.4. The van der Waals surface area contributed by atoms with Crippen molar-refractivity contribution in [3.8, 4) is 10.7 Å². The van der Waals surface area contributed by atoms with E-state index >= 15 is 0 Å². The molecule has 20 heavy (non-hydrogen) atoms. The van der Waals surface area contributed by atoms with Gasteiger partial charge in [-0.1, -0.05) is 36.4 Å². The number of aryl methyl sites for hydroxylation is 1. The van der Waals surface area contributed by atoms with Gasteiger partial charge in [0, 0.05) is 12.7 Å². The summed E-state index contributed by atoms with van der Waals surface area (Å²) in [5.41, 5.74) is 0.823. The first-order valence-electron chi connectivity index (χ1n) is 6.30. The standard InChI is InChI=1S/C12H16N4O2S2/c1-3-4-6-16-7-5-9(15-16)11-13-14-12(20-11)19-8-10(17)18-2/h5,7H,3-4,6,8H2,1-2H3. The first kappa shape index (κ1) is 15.0. The molecule has 6 nitrogen and oxygen atoms in total. The molecule has 2 heterocycles. The molecule has 0 bridgehead atoms. The first-order valence-corrected chi connectivity index (χ1v) is 8.10. The van der Waals surface area contributed by atoms with Gasteiger partial charge in [0.05, 0.1) is 12.9 Å². The van der Waals surface area contributed by atoms with Gasteiger partial charge in [0.25, 0.3) is 0 Å². The van der Waals surface area contributed by atoms with Gasteiger partial charge in [-0.15, -0.1) is 10.2 Å². The second kappa shape index (κ2) is 7.39. The van der Waals surface area contributed by atoms with Crippen molar-refractivity contribution < 1.29 is 9.53 Å². The van der Waals surface area contributed by atoms with Crippen LogP contribution in [0.5, 0.6) is 0 Å². The number of aromatic nitrogens is 4. The molecule has 0 spiro atoms. The topological polar surface area (TPSA) is 69.9 Å². The van der Waals surface area contributed by atoms with Gasteiger partial charge >= 0.3 is 5.97 Å². The summed E-state index contributed by atoms with van der Waals surface area (Å²) in [6.45, 7) is 3.07. The average molecular weight is 312 g/mol.